The fourth-order valence-corrected chi connectivity index (χ4v) is 4.50. The molecule has 0 spiro atoms. The Kier molecular flexibility index (Phi) is 4.74. The van der Waals surface area contributed by atoms with Crippen molar-refractivity contribution in [1.82, 2.24) is 15.5 Å². The summed E-state index contributed by atoms with van der Waals surface area (Å²) in [4.78, 5) is 39.3. The van der Waals surface area contributed by atoms with Gasteiger partial charge in [0.2, 0.25) is 5.91 Å². The van der Waals surface area contributed by atoms with Crippen molar-refractivity contribution in [3.8, 4) is 11.1 Å². The lowest BCUT2D eigenvalue weighted by molar-refractivity contribution is -0.135. The molecule has 33 heavy (non-hydrogen) atoms. The Morgan fingerprint density at radius 1 is 0.970 bits per heavy atom. The first kappa shape index (κ1) is 20.8. The van der Waals surface area contributed by atoms with Crippen molar-refractivity contribution in [2.45, 2.75) is 18.5 Å². The molecule has 1 aliphatic carbocycles. The van der Waals surface area contributed by atoms with Gasteiger partial charge in [-0.25, -0.2) is 13.6 Å². The minimum absolute atomic E-state index is 0.0845. The summed E-state index contributed by atoms with van der Waals surface area (Å²) >= 11 is 0. The SMILES string of the molecule is C[C@@]1(c2ccc(F)c(F)c2)NC(=O)N(CC(=O)NC2c3ccccc3-c3ccccc32)C1=O. The Hall–Kier alpha value is -4.07. The Morgan fingerprint density at radius 2 is 1.58 bits per heavy atom. The molecule has 0 unspecified atom stereocenters. The highest BCUT2D eigenvalue weighted by Gasteiger charge is 2.50. The Labute approximate surface area is 188 Å². The third-order valence-electron chi connectivity index (χ3n) is 6.21. The van der Waals surface area contributed by atoms with Crippen molar-refractivity contribution in [2.75, 3.05) is 6.54 Å². The van der Waals surface area contributed by atoms with Crippen LogP contribution in [0.15, 0.2) is 66.7 Å². The maximum Gasteiger partial charge on any atom is 0.325 e. The van der Waals surface area contributed by atoms with Gasteiger partial charge in [-0.3, -0.25) is 14.5 Å². The van der Waals surface area contributed by atoms with E-state index >= 15 is 0 Å². The van der Waals surface area contributed by atoms with Crippen LogP contribution in [0.1, 0.15) is 29.7 Å². The molecular formula is C25H19F2N3O3. The summed E-state index contributed by atoms with van der Waals surface area (Å²) < 4.78 is 27.1. The molecule has 1 heterocycles. The summed E-state index contributed by atoms with van der Waals surface area (Å²) in [7, 11) is 0. The molecule has 4 amide bonds. The highest BCUT2D eigenvalue weighted by molar-refractivity contribution is 6.09. The molecule has 2 N–H and O–H groups in total. The highest BCUT2D eigenvalue weighted by Crippen LogP contribution is 2.43. The van der Waals surface area contributed by atoms with Gasteiger partial charge in [0.05, 0.1) is 6.04 Å². The summed E-state index contributed by atoms with van der Waals surface area (Å²) in [6, 6.07) is 17.2. The van der Waals surface area contributed by atoms with E-state index in [1.54, 1.807) is 0 Å². The molecule has 3 aromatic carbocycles. The second kappa shape index (κ2) is 7.51. The molecule has 166 valence electrons. The van der Waals surface area contributed by atoms with E-state index in [0.29, 0.717) is 0 Å². The van der Waals surface area contributed by atoms with Crippen molar-refractivity contribution >= 4 is 17.8 Å². The van der Waals surface area contributed by atoms with Gasteiger partial charge in [-0.1, -0.05) is 54.6 Å². The average molecular weight is 447 g/mol. The first-order chi connectivity index (χ1) is 15.8. The van der Waals surface area contributed by atoms with Crippen LogP contribution < -0.4 is 10.6 Å². The minimum Gasteiger partial charge on any atom is -0.344 e. The number of nitrogens with zero attached hydrogens (tertiary/aromatic N) is 1. The Bertz CT molecular complexity index is 1280. The standard InChI is InChI=1S/C25H19F2N3O3/c1-25(14-10-11-19(26)20(27)12-14)23(32)30(24(33)29-25)13-21(31)28-22-17-8-4-2-6-15(17)16-7-3-5-9-18(16)22/h2-12,22H,13H2,1H3,(H,28,31)(H,29,33)/t25-/m0/s1. The predicted octanol–water partition coefficient (Wildman–Crippen LogP) is 3.62. The summed E-state index contributed by atoms with van der Waals surface area (Å²) in [5.41, 5.74) is 2.35. The van der Waals surface area contributed by atoms with Crippen LogP contribution >= 0.6 is 0 Å². The highest BCUT2D eigenvalue weighted by atomic mass is 19.2. The molecule has 3 aromatic rings. The lowest BCUT2D eigenvalue weighted by Crippen LogP contribution is -2.43. The summed E-state index contributed by atoms with van der Waals surface area (Å²) in [5, 5.41) is 5.41. The molecule has 0 bridgehead atoms. The van der Waals surface area contributed by atoms with Crippen LogP contribution in [0.3, 0.4) is 0 Å². The molecule has 1 atom stereocenters. The number of imide groups is 1. The fraction of sp³-hybridized carbons (Fsp3) is 0.160. The normalized spacial score (nSPS) is 19.3. The molecule has 1 aliphatic heterocycles. The molecule has 5 rings (SSSR count). The molecule has 6 nitrogen and oxygen atoms in total. The monoisotopic (exact) mass is 447 g/mol. The molecule has 0 radical (unpaired) electrons. The van der Waals surface area contributed by atoms with Crippen LogP contribution in [0.2, 0.25) is 0 Å². The van der Waals surface area contributed by atoms with E-state index < -0.39 is 47.6 Å². The van der Waals surface area contributed by atoms with Gasteiger partial charge in [-0.05, 0) is 46.9 Å². The van der Waals surface area contributed by atoms with Gasteiger partial charge in [0.1, 0.15) is 12.1 Å². The van der Waals surface area contributed by atoms with Crippen LogP contribution in [-0.2, 0) is 15.1 Å². The van der Waals surface area contributed by atoms with Crippen LogP contribution in [0.25, 0.3) is 11.1 Å². The number of carbonyl (C=O) groups is 3. The quantitative estimate of drug-likeness (QED) is 0.600. The lowest BCUT2D eigenvalue weighted by Gasteiger charge is -2.22. The summed E-state index contributed by atoms with van der Waals surface area (Å²) in [6.07, 6.45) is 0. The van der Waals surface area contributed by atoms with Crippen LogP contribution in [0, 0.1) is 11.6 Å². The lowest BCUT2D eigenvalue weighted by atomic mass is 9.92. The molecule has 1 saturated heterocycles. The van der Waals surface area contributed by atoms with Gasteiger partial charge in [0.25, 0.3) is 5.91 Å². The van der Waals surface area contributed by atoms with Gasteiger partial charge < -0.3 is 10.6 Å². The van der Waals surface area contributed by atoms with Gasteiger partial charge in [-0.15, -0.1) is 0 Å². The number of halogens is 2. The van der Waals surface area contributed by atoms with E-state index in [4.69, 9.17) is 0 Å². The number of nitrogens with one attached hydrogen (secondary N) is 2. The predicted molar refractivity (Wildman–Crippen MR) is 116 cm³/mol. The zero-order valence-electron chi connectivity index (χ0n) is 17.6. The zero-order valence-corrected chi connectivity index (χ0v) is 17.6. The number of rotatable bonds is 4. The van der Waals surface area contributed by atoms with Crippen LogP contribution in [0.4, 0.5) is 13.6 Å². The minimum atomic E-state index is -1.61. The van der Waals surface area contributed by atoms with Gasteiger partial charge in [0, 0.05) is 0 Å². The van der Waals surface area contributed by atoms with Crippen molar-refractivity contribution in [3.63, 3.8) is 0 Å². The van der Waals surface area contributed by atoms with Crippen molar-refractivity contribution < 1.29 is 23.2 Å². The van der Waals surface area contributed by atoms with E-state index in [1.807, 2.05) is 48.5 Å². The van der Waals surface area contributed by atoms with E-state index in [-0.39, 0.29) is 5.56 Å². The number of hydrogen-bond donors (Lipinski definition) is 2. The summed E-state index contributed by atoms with van der Waals surface area (Å²) in [6.45, 7) is 0.881. The largest absolute Gasteiger partial charge is 0.344 e. The fourth-order valence-electron chi connectivity index (χ4n) is 4.50. The third kappa shape index (κ3) is 3.26. The van der Waals surface area contributed by atoms with Gasteiger partial charge in [0.15, 0.2) is 11.6 Å². The number of carbonyl (C=O) groups excluding carboxylic acids is 3. The smallest absolute Gasteiger partial charge is 0.325 e. The topological polar surface area (TPSA) is 78.5 Å². The van der Waals surface area contributed by atoms with Crippen molar-refractivity contribution in [3.05, 3.63) is 95.1 Å². The van der Waals surface area contributed by atoms with E-state index in [2.05, 4.69) is 10.6 Å². The van der Waals surface area contributed by atoms with E-state index in [9.17, 15) is 23.2 Å². The molecular weight excluding hydrogens is 428 g/mol. The molecule has 0 saturated carbocycles. The first-order valence-electron chi connectivity index (χ1n) is 10.4. The van der Waals surface area contributed by atoms with Crippen molar-refractivity contribution in [1.29, 1.82) is 0 Å². The third-order valence-corrected chi connectivity index (χ3v) is 6.21. The van der Waals surface area contributed by atoms with Crippen molar-refractivity contribution in [2.24, 2.45) is 0 Å². The number of fused-ring (bicyclic) bond motifs is 3. The van der Waals surface area contributed by atoms with Crippen LogP contribution in [0.5, 0.6) is 0 Å². The maximum atomic E-state index is 13.7. The zero-order chi connectivity index (χ0) is 23.3. The average Bonchev–Trinajstić information content (AvgIpc) is 3.23. The Morgan fingerprint density at radius 3 is 2.18 bits per heavy atom. The summed E-state index contributed by atoms with van der Waals surface area (Å²) in [5.74, 6) is -3.44. The number of hydrogen-bond acceptors (Lipinski definition) is 3. The van der Waals surface area contributed by atoms with Crippen LogP contribution in [-0.4, -0.2) is 29.3 Å². The molecule has 8 heteroatoms. The number of urea groups is 1. The first-order valence-corrected chi connectivity index (χ1v) is 10.4. The van der Waals surface area contributed by atoms with E-state index in [0.717, 1.165) is 39.3 Å². The second-order valence-corrected chi connectivity index (χ2v) is 8.25. The Balaban J connectivity index is 1.37. The van der Waals surface area contributed by atoms with Gasteiger partial charge in [-0.2, -0.15) is 0 Å². The molecule has 2 aliphatic rings. The second-order valence-electron chi connectivity index (χ2n) is 8.25. The maximum absolute atomic E-state index is 13.7. The number of benzene rings is 3. The molecule has 0 aromatic heterocycles. The van der Waals surface area contributed by atoms with E-state index in [1.165, 1.54) is 13.0 Å². The number of amides is 4. The molecule has 1 fully saturated rings. The van der Waals surface area contributed by atoms with Gasteiger partial charge >= 0.3 is 6.03 Å².